The molecule has 3 unspecified atom stereocenters. The fourth-order valence-corrected chi connectivity index (χ4v) is 8.08. The van der Waals surface area contributed by atoms with E-state index in [-0.39, 0.29) is 24.9 Å². The third-order valence-electron chi connectivity index (χ3n) is 12.2. The Bertz CT molecular complexity index is 1130. The molecular weight excluding hydrogens is 779 g/mol. The molecule has 63 heavy (non-hydrogen) atoms. The average Bonchev–Trinajstić information content (AvgIpc) is 3.28. The molecule has 6 nitrogen and oxygen atoms in total. The normalized spacial score (nSPS) is 13.7. The molecule has 0 aromatic rings. The topological polar surface area (TPSA) is 95.9 Å². The highest BCUT2D eigenvalue weighted by Gasteiger charge is 2.24. The molecule has 0 aliphatic rings. The monoisotopic (exact) mass is 882 g/mol. The van der Waals surface area contributed by atoms with Crippen molar-refractivity contribution in [3.05, 3.63) is 60.8 Å². The Morgan fingerprint density at radius 2 is 0.873 bits per heavy atom. The summed E-state index contributed by atoms with van der Waals surface area (Å²) in [5.41, 5.74) is 0. The number of nitrogens with one attached hydrogen (secondary N) is 1. The lowest BCUT2D eigenvalue weighted by Gasteiger charge is -2.24. The van der Waals surface area contributed by atoms with Crippen LogP contribution in [0.25, 0.3) is 0 Å². The van der Waals surface area contributed by atoms with Crippen LogP contribution in [0.4, 0.5) is 0 Å². The molecule has 0 aliphatic carbocycles. The zero-order valence-corrected chi connectivity index (χ0v) is 41.7. The van der Waals surface area contributed by atoms with E-state index in [1.807, 2.05) is 18.2 Å². The second-order valence-electron chi connectivity index (χ2n) is 18.3. The number of carbonyl (C=O) groups excluding carboxylic acids is 2. The summed E-state index contributed by atoms with van der Waals surface area (Å²) in [6.07, 6.45) is 62.8. The van der Waals surface area contributed by atoms with Gasteiger partial charge in [0.25, 0.3) is 0 Å². The summed E-state index contributed by atoms with van der Waals surface area (Å²) in [7, 11) is 0. The van der Waals surface area contributed by atoms with Gasteiger partial charge in [0.05, 0.1) is 25.2 Å². The maximum Gasteiger partial charge on any atom is 0.306 e. The summed E-state index contributed by atoms with van der Waals surface area (Å²) >= 11 is 0. The Morgan fingerprint density at radius 1 is 0.476 bits per heavy atom. The minimum atomic E-state index is -0.797. The molecular formula is C57H103NO5. The zero-order chi connectivity index (χ0) is 45.9. The van der Waals surface area contributed by atoms with Crippen molar-refractivity contribution in [3.8, 4) is 0 Å². The van der Waals surface area contributed by atoms with Crippen molar-refractivity contribution >= 4 is 11.9 Å². The van der Waals surface area contributed by atoms with Gasteiger partial charge in [-0.15, -0.1) is 0 Å². The van der Waals surface area contributed by atoms with Gasteiger partial charge in [0, 0.05) is 6.42 Å². The Morgan fingerprint density at radius 3 is 1.37 bits per heavy atom. The zero-order valence-electron chi connectivity index (χ0n) is 41.7. The second-order valence-corrected chi connectivity index (χ2v) is 18.3. The summed E-state index contributed by atoms with van der Waals surface area (Å²) in [6, 6.07) is -0.712. The first-order valence-corrected chi connectivity index (χ1v) is 27.1. The number of aliphatic hydroxyl groups excluding tert-OH is 2. The molecule has 3 N–H and O–H groups in total. The van der Waals surface area contributed by atoms with Gasteiger partial charge >= 0.3 is 5.97 Å². The average molecular weight is 882 g/mol. The van der Waals surface area contributed by atoms with Crippen molar-refractivity contribution in [1.82, 2.24) is 5.32 Å². The minimum Gasteiger partial charge on any atom is -0.462 e. The maximum absolute atomic E-state index is 13.2. The van der Waals surface area contributed by atoms with E-state index in [4.69, 9.17) is 4.74 Å². The van der Waals surface area contributed by atoms with Crippen LogP contribution in [0.2, 0.25) is 0 Å². The standard InChI is InChI=1S/C57H103NO5/c1-4-7-10-13-16-19-22-25-27-29-31-33-36-39-42-45-48-53(63-57(62)50-47-44-41-38-35-32-28-26-23-20-17-14-11-8-5-2)51-56(61)58-54(52-59)55(60)49-46-43-40-37-34-30-24-21-18-15-12-9-6-3/h8,11,14,17,20,23,26,28,31,33,53-55,59-60H,4-7,9-10,12-13,15-16,18-19,21-22,24-25,27,29-30,32,34-52H2,1-3H3,(H,58,61)/b11-8+,17-14+,23-20+,28-26-,33-31+. The van der Waals surface area contributed by atoms with Gasteiger partial charge in [0.2, 0.25) is 5.91 Å². The fourth-order valence-electron chi connectivity index (χ4n) is 8.08. The molecule has 0 aliphatic heterocycles. The molecule has 1 amide bonds. The molecule has 0 spiro atoms. The van der Waals surface area contributed by atoms with Crippen molar-refractivity contribution in [2.75, 3.05) is 6.61 Å². The molecule has 0 radical (unpaired) electrons. The molecule has 366 valence electrons. The number of allylic oxidation sites excluding steroid dienone is 10. The third kappa shape index (κ3) is 45.9. The highest BCUT2D eigenvalue weighted by Crippen LogP contribution is 2.18. The number of hydrogen-bond acceptors (Lipinski definition) is 5. The van der Waals surface area contributed by atoms with Crippen LogP contribution in [-0.2, 0) is 14.3 Å². The van der Waals surface area contributed by atoms with Crippen LogP contribution in [0, 0.1) is 0 Å². The van der Waals surface area contributed by atoms with E-state index in [0.717, 1.165) is 96.3 Å². The number of hydrogen-bond donors (Lipinski definition) is 3. The van der Waals surface area contributed by atoms with Crippen molar-refractivity contribution in [3.63, 3.8) is 0 Å². The Balaban J connectivity index is 4.64. The number of amides is 1. The summed E-state index contributed by atoms with van der Waals surface area (Å²) in [5, 5.41) is 23.8. The molecule has 0 fully saturated rings. The highest BCUT2D eigenvalue weighted by atomic mass is 16.5. The summed E-state index contributed by atoms with van der Waals surface area (Å²) in [6.45, 7) is 6.35. The third-order valence-corrected chi connectivity index (χ3v) is 12.2. The smallest absolute Gasteiger partial charge is 0.306 e. The lowest BCUT2D eigenvalue weighted by Crippen LogP contribution is -2.46. The van der Waals surface area contributed by atoms with Crippen molar-refractivity contribution < 1.29 is 24.5 Å². The number of unbranched alkanes of at least 4 members (excludes halogenated alkanes) is 29. The van der Waals surface area contributed by atoms with Crippen molar-refractivity contribution in [2.45, 2.75) is 283 Å². The van der Waals surface area contributed by atoms with Gasteiger partial charge in [-0.05, 0) is 70.6 Å². The molecule has 0 bridgehead atoms. The van der Waals surface area contributed by atoms with Crippen LogP contribution in [0.1, 0.15) is 265 Å². The Labute approximate surface area is 390 Å². The van der Waals surface area contributed by atoms with E-state index in [1.165, 1.54) is 122 Å². The van der Waals surface area contributed by atoms with Crippen LogP contribution in [-0.4, -0.2) is 46.9 Å². The van der Waals surface area contributed by atoms with Crippen LogP contribution < -0.4 is 5.32 Å². The molecule has 0 saturated heterocycles. The van der Waals surface area contributed by atoms with Gasteiger partial charge in [0.1, 0.15) is 6.10 Å². The molecule has 0 aromatic carbocycles. The lowest BCUT2D eigenvalue weighted by atomic mass is 10.0. The van der Waals surface area contributed by atoms with E-state index >= 15 is 0 Å². The summed E-state index contributed by atoms with van der Waals surface area (Å²) in [5.74, 6) is -0.511. The Kier molecular flexibility index (Phi) is 48.6. The molecule has 0 rings (SSSR count). The van der Waals surface area contributed by atoms with Gasteiger partial charge < -0.3 is 20.3 Å². The van der Waals surface area contributed by atoms with Gasteiger partial charge in [-0.1, -0.05) is 242 Å². The first-order valence-electron chi connectivity index (χ1n) is 27.1. The predicted molar refractivity (Wildman–Crippen MR) is 273 cm³/mol. The number of ether oxygens (including phenoxy) is 1. The van der Waals surface area contributed by atoms with E-state index in [2.05, 4.69) is 68.6 Å². The van der Waals surface area contributed by atoms with E-state index in [1.54, 1.807) is 0 Å². The SMILES string of the molecule is CC/C=C/C=C/C=C/C=C\CCCCCCCC(=O)OC(CCCCC/C=C/CCCCCCCCCCC)CC(=O)NC(CO)C(O)CCCCCCCCCCCCCCC. The molecule has 3 atom stereocenters. The highest BCUT2D eigenvalue weighted by molar-refractivity contribution is 5.77. The molecule has 0 heterocycles. The number of aliphatic hydroxyl groups is 2. The van der Waals surface area contributed by atoms with E-state index in [9.17, 15) is 19.8 Å². The molecule has 0 saturated carbocycles. The van der Waals surface area contributed by atoms with Crippen LogP contribution in [0.5, 0.6) is 0 Å². The quantitative estimate of drug-likeness (QED) is 0.0245. The van der Waals surface area contributed by atoms with Crippen molar-refractivity contribution in [1.29, 1.82) is 0 Å². The van der Waals surface area contributed by atoms with Crippen molar-refractivity contribution in [2.24, 2.45) is 0 Å². The first kappa shape index (κ1) is 60.6. The Hall–Kier alpha value is -2.44. The van der Waals surface area contributed by atoms with Gasteiger partial charge in [-0.3, -0.25) is 9.59 Å². The minimum absolute atomic E-state index is 0.0568. The second kappa shape index (κ2) is 50.6. The van der Waals surface area contributed by atoms with E-state index < -0.39 is 18.2 Å². The molecule has 6 heteroatoms. The van der Waals surface area contributed by atoms with Gasteiger partial charge in [-0.25, -0.2) is 0 Å². The van der Waals surface area contributed by atoms with Crippen LogP contribution in [0.3, 0.4) is 0 Å². The van der Waals surface area contributed by atoms with Gasteiger partial charge in [-0.2, -0.15) is 0 Å². The molecule has 0 aromatic heterocycles. The fraction of sp³-hybridized carbons (Fsp3) is 0.789. The van der Waals surface area contributed by atoms with Crippen LogP contribution in [0.15, 0.2) is 60.8 Å². The first-order chi connectivity index (χ1) is 31.0. The van der Waals surface area contributed by atoms with E-state index in [0.29, 0.717) is 19.3 Å². The largest absolute Gasteiger partial charge is 0.462 e. The lowest BCUT2D eigenvalue weighted by molar-refractivity contribution is -0.151. The predicted octanol–water partition coefficient (Wildman–Crippen LogP) is 16.4. The number of esters is 1. The summed E-state index contributed by atoms with van der Waals surface area (Å²) in [4.78, 5) is 26.2. The summed E-state index contributed by atoms with van der Waals surface area (Å²) < 4.78 is 5.93. The van der Waals surface area contributed by atoms with Crippen LogP contribution >= 0.6 is 0 Å². The number of carbonyl (C=O) groups is 2. The van der Waals surface area contributed by atoms with Gasteiger partial charge in [0.15, 0.2) is 0 Å². The number of rotatable bonds is 48. The maximum atomic E-state index is 13.2.